The van der Waals surface area contributed by atoms with Crippen LogP contribution in [0.2, 0.25) is 0 Å². The lowest BCUT2D eigenvalue weighted by Gasteiger charge is -2.09. The molecule has 0 aliphatic carbocycles. The van der Waals surface area contributed by atoms with Crippen molar-refractivity contribution in [1.29, 1.82) is 0 Å². The van der Waals surface area contributed by atoms with Crippen LogP contribution in [0.3, 0.4) is 0 Å². The van der Waals surface area contributed by atoms with Crippen molar-refractivity contribution in [3.8, 4) is 51.0 Å². The number of furan rings is 1. The zero-order valence-corrected chi connectivity index (χ0v) is 26.9. The Hall–Kier alpha value is -6.85. The topological polar surface area (TPSA) is 56.7 Å². The van der Waals surface area contributed by atoms with Gasteiger partial charge in [0.2, 0.25) is 0 Å². The summed E-state index contributed by atoms with van der Waals surface area (Å²) < 4.78 is 8.86. The largest absolute Gasteiger partial charge is 0.456 e. The molecule has 10 rings (SSSR count). The van der Waals surface area contributed by atoms with E-state index >= 15 is 0 Å². The van der Waals surface area contributed by atoms with Gasteiger partial charge in [0.15, 0.2) is 17.5 Å². The normalized spacial score (nSPS) is 11.6. The molecule has 0 fully saturated rings. The van der Waals surface area contributed by atoms with Crippen molar-refractivity contribution in [1.82, 2.24) is 19.5 Å². The highest BCUT2D eigenvalue weighted by molar-refractivity contribution is 6.11. The van der Waals surface area contributed by atoms with E-state index in [1.165, 1.54) is 21.9 Å². The third-order valence-electron chi connectivity index (χ3n) is 9.45. The van der Waals surface area contributed by atoms with Crippen LogP contribution >= 0.6 is 0 Å². The molecular formula is C45H28N4O. The molecule has 5 heteroatoms. The molecule has 0 saturated carbocycles. The van der Waals surface area contributed by atoms with Gasteiger partial charge in [-0.25, -0.2) is 15.0 Å². The molecular weight excluding hydrogens is 613 g/mol. The van der Waals surface area contributed by atoms with E-state index < -0.39 is 0 Å². The fourth-order valence-corrected chi connectivity index (χ4v) is 7.04. The van der Waals surface area contributed by atoms with Crippen molar-refractivity contribution >= 4 is 43.7 Å². The minimum atomic E-state index is 0.616. The van der Waals surface area contributed by atoms with Gasteiger partial charge >= 0.3 is 0 Å². The van der Waals surface area contributed by atoms with Gasteiger partial charge in [-0.15, -0.1) is 0 Å². The summed E-state index contributed by atoms with van der Waals surface area (Å²) in [6.45, 7) is 0. The van der Waals surface area contributed by atoms with Gasteiger partial charge in [0.1, 0.15) is 11.2 Å². The third-order valence-corrected chi connectivity index (χ3v) is 9.45. The van der Waals surface area contributed by atoms with Crippen molar-refractivity contribution in [3.63, 3.8) is 0 Å². The molecule has 7 aromatic carbocycles. The van der Waals surface area contributed by atoms with Gasteiger partial charge in [-0.3, -0.25) is 0 Å². The molecule has 0 N–H and O–H groups in total. The molecule has 50 heavy (non-hydrogen) atoms. The summed E-state index contributed by atoms with van der Waals surface area (Å²) in [7, 11) is 0. The zero-order chi connectivity index (χ0) is 33.0. The van der Waals surface area contributed by atoms with E-state index in [0.717, 1.165) is 55.3 Å². The summed E-state index contributed by atoms with van der Waals surface area (Å²) in [6, 6.07) is 58.7. The van der Waals surface area contributed by atoms with E-state index in [9.17, 15) is 0 Å². The van der Waals surface area contributed by atoms with Gasteiger partial charge in [0, 0.05) is 50.0 Å². The number of hydrogen-bond acceptors (Lipinski definition) is 4. The quantitative estimate of drug-likeness (QED) is 0.188. The summed E-state index contributed by atoms with van der Waals surface area (Å²) in [6.07, 6.45) is 0. The number of benzene rings is 7. The maximum absolute atomic E-state index is 6.52. The van der Waals surface area contributed by atoms with Gasteiger partial charge in [-0.1, -0.05) is 121 Å². The standard InChI is InChI=1S/C45H28N4O/c1-4-12-29(13-5-1)32-20-23-36-35-18-10-11-19-39(35)49(40(36)27-32)34-22-24-37-38-26-33(21-25-41(38)50-42(37)28-34)45-47-43(30-14-6-2-7-15-30)46-44(48-45)31-16-8-3-9-17-31/h1-28H. The molecule has 0 atom stereocenters. The Kier molecular flexibility index (Phi) is 6.42. The van der Waals surface area contributed by atoms with E-state index in [4.69, 9.17) is 19.4 Å². The SMILES string of the molecule is c1ccc(-c2ccc3c4ccccc4n(-c4ccc5c(c4)oc4ccc(-c6nc(-c7ccccc7)nc(-c7ccccc7)n6)cc45)c3c2)cc1. The predicted molar refractivity (Wildman–Crippen MR) is 203 cm³/mol. The summed E-state index contributed by atoms with van der Waals surface area (Å²) in [4.78, 5) is 14.8. The van der Waals surface area contributed by atoms with E-state index in [1.54, 1.807) is 0 Å². The highest BCUT2D eigenvalue weighted by Crippen LogP contribution is 2.38. The van der Waals surface area contributed by atoms with E-state index in [0.29, 0.717) is 17.5 Å². The van der Waals surface area contributed by atoms with Gasteiger partial charge in [0.25, 0.3) is 0 Å². The minimum absolute atomic E-state index is 0.616. The highest BCUT2D eigenvalue weighted by Gasteiger charge is 2.17. The number of nitrogens with zero attached hydrogens (tertiary/aromatic N) is 4. The fourth-order valence-electron chi connectivity index (χ4n) is 7.04. The maximum atomic E-state index is 6.52. The molecule has 0 spiro atoms. The highest BCUT2D eigenvalue weighted by atomic mass is 16.3. The Morgan fingerprint density at radius 3 is 1.60 bits per heavy atom. The molecule has 234 valence electrons. The second-order valence-corrected chi connectivity index (χ2v) is 12.5. The minimum Gasteiger partial charge on any atom is -0.456 e. The lowest BCUT2D eigenvalue weighted by atomic mass is 10.0. The summed E-state index contributed by atoms with van der Waals surface area (Å²) >= 11 is 0. The van der Waals surface area contributed by atoms with Crippen LogP contribution in [-0.2, 0) is 0 Å². The molecule has 0 bridgehead atoms. The monoisotopic (exact) mass is 640 g/mol. The van der Waals surface area contributed by atoms with Crippen molar-refractivity contribution in [3.05, 3.63) is 170 Å². The number of fused-ring (bicyclic) bond motifs is 6. The van der Waals surface area contributed by atoms with Gasteiger partial charge in [-0.05, 0) is 53.6 Å². The van der Waals surface area contributed by atoms with Crippen LogP contribution < -0.4 is 0 Å². The van der Waals surface area contributed by atoms with E-state index in [2.05, 4.69) is 102 Å². The van der Waals surface area contributed by atoms with Crippen LogP contribution in [0.1, 0.15) is 0 Å². The zero-order valence-electron chi connectivity index (χ0n) is 26.9. The Morgan fingerprint density at radius 1 is 0.340 bits per heavy atom. The second kappa shape index (κ2) is 11.4. The summed E-state index contributed by atoms with van der Waals surface area (Å²) in [5.41, 5.74) is 10.2. The third kappa shape index (κ3) is 4.67. The van der Waals surface area contributed by atoms with Crippen LogP contribution in [0.15, 0.2) is 174 Å². The van der Waals surface area contributed by atoms with Gasteiger partial charge in [-0.2, -0.15) is 0 Å². The number of para-hydroxylation sites is 1. The predicted octanol–water partition coefficient (Wildman–Crippen LogP) is 11.5. The maximum Gasteiger partial charge on any atom is 0.164 e. The lowest BCUT2D eigenvalue weighted by Crippen LogP contribution is -2.00. The van der Waals surface area contributed by atoms with Crippen LogP contribution in [0.4, 0.5) is 0 Å². The number of rotatable bonds is 5. The van der Waals surface area contributed by atoms with Crippen molar-refractivity contribution in [2.45, 2.75) is 0 Å². The summed E-state index contributed by atoms with van der Waals surface area (Å²) in [5, 5.41) is 4.49. The van der Waals surface area contributed by atoms with Crippen LogP contribution in [0.25, 0.3) is 94.7 Å². The van der Waals surface area contributed by atoms with E-state index in [1.807, 2.05) is 72.8 Å². The Bertz CT molecular complexity index is 2800. The lowest BCUT2D eigenvalue weighted by molar-refractivity contribution is 0.668. The molecule has 0 saturated heterocycles. The average molecular weight is 641 g/mol. The van der Waals surface area contributed by atoms with Crippen LogP contribution in [-0.4, -0.2) is 19.5 Å². The molecule has 5 nitrogen and oxygen atoms in total. The molecule has 10 aromatic rings. The molecule has 0 aliphatic rings. The van der Waals surface area contributed by atoms with Crippen molar-refractivity contribution in [2.24, 2.45) is 0 Å². The first kappa shape index (κ1) is 28.2. The Balaban J connectivity index is 1.12. The number of hydrogen-bond donors (Lipinski definition) is 0. The van der Waals surface area contributed by atoms with Crippen molar-refractivity contribution < 1.29 is 4.42 Å². The Labute approximate surface area is 287 Å². The Morgan fingerprint density at radius 2 is 0.900 bits per heavy atom. The van der Waals surface area contributed by atoms with Crippen LogP contribution in [0.5, 0.6) is 0 Å². The fraction of sp³-hybridized carbons (Fsp3) is 0. The van der Waals surface area contributed by atoms with Gasteiger partial charge in [0.05, 0.1) is 11.0 Å². The molecule has 0 unspecified atom stereocenters. The second-order valence-electron chi connectivity index (χ2n) is 12.5. The van der Waals surface area contributed by atoms with E-state index in [-0.39, 0.29) is 0 Å². The first-order chi connectivity index (χ1) is 24.8. The number of aromatic nitrogens is 4. The average Bonchev–Trinajstić information content (AvgIpc) is 3.73. The molecule has 0 aliphatic heterocycles. The molecule has 3 heterocycles. The van der Waals surface area contributed by atoms with Crippen molar-refractivity contribution in [2.75, 3.05) is 0 Å². The first-order valence-electron chi connectivity index (χ1n) is 16.7. The summed E-state index contributed by atoms with van der Waals surface area (Å²) in [5.74, 6) is 1.89. The molecule has 3 aromatic heterocycles. The molecule has 0 amide bonds. The smallest absolute Gasteiger partial charge is 0.164 e. The van der Waals surface area contributed by atoms with Gasteiger partial charge < -0.3 is 8.98 Å². The first-order valence-corrected chi connectivity index (χ1v) is 16.7. The molecule has 0 radical (unpaired) electrons. The van der Waals surface area contributed by atoms with Crippen LogP contribution in [0, 0.1) is 0 Å².